The second-order valence-electron chi connectivity index (χ2n) is 2.00. The van der Waals surface area contributed by atoms with Gasteiger partial charge in [0, 0.05) is 12.7 Å². The van der Waals surface area contributed by atoms with Crippen LogP contribution in [0.5, 0.6) is 0 Å². The predicted molar refractivity (Wildman–Crippen MR) is 39.8 cm³/mol. The molecular formula is C6H10O3S. The average molecular weight is 162 g/mol. The van der Waals surface area contributed by atoms with Crippen molar-refractivity contribution in [3.8, 4) is 0 Å². The highest BCUT2D eigenvalue weighted by molar-refractivity contribution is 7.80. The van der Waals surface area contributed by atoms with Gasteiger partial charge in [-0.2, -0.15) is 12.6 Å². The van der Waals surface area contributed by atoms with Crippen LogP contribution < -0.4 is 0 Å². The summed E-state index contributed by atoms with van der Waals surface area (Å²) >= 11 is 3.87. The van der Waals surface area contributed by atoms with Crippen LogP contribution in [-0.2, 0) is 14.3 Å². The lowest BCUT2D eigenvalue weighted by Gasteiger charge is -2.03. The lowest BCUT2D eigenvalue weighted by molar-refractivity contribution is -0.160. The summed E-state index contributed by atoms with van der Waals surface area (Å²) in [6.07, 6.45) is 0. The van der Waals surface area contributed by atoms with E-state index >= 15 is 0 Å². The first-order chi connectivity index (χ1) is 4.57. The van der Waals surface area contributed by atoms with E-state index in [0.717, 1.165) is 0 Å². The smallest absolute Gasteiger partial charge is 0.317 e. The van der Waals surface area contributed by atoms with Gasteiger partial charge in [0.25, 0.3) is 0 Å². The van der Waals surface area contributed by atoms with Crippen molar-refractivity contribution in [3.05, 3.63) is 0 Å². The number of rotatable bonds is 2. The summed E-state index contributed by atoms with van der Waals surface area (Å²) in [5, 5.41) is 0. The Bertz CT molecular complexity index is 144. The summed E-state index contributed by atoms with van der Waals surface area (Å²) in [7, 11) is 0. The molecule has 0 aromatic rings. The van der Waals surface area contributed by atoms with Gasteiger partial charge in [-0.15, -0.1) is 0 Å². The van der Waals surface area contributed by atoms with Crippen LogP contribution in [0.1, 0.15) is 13.8 Å². The van der Waals surface area contributed by atoms with E-state index in [1.165, 1.54) is 6.92 Å². The summed E-state index contributed by atoms with van der Waals surface area (Å²) in [5.41, 5.74) is 0. The van der Waals surface area contributed by atoms with E-state index in [9.17, 15) is 9.59 Å². The maximum absolute atomic E-state index is 10.7. The largest absolute Gasteiger partial charge is 0.393 e. The summed E-state index contributed by atoms with van der Waals surface area (Å²) in [6, 6.07) is 0. The highest BCUT2D eigenvalue weighted by Gasteiger charge is 2.13. The topological polar surface area (TPSA) is 43.4 Å². The Morgan fingerprint density at radius 3 is 2.40 bits per heavy atom. The van der Waals surface area contributed by atoms with Gasteiger partial charge >= 0.3 is 11.9 Å². The van der Waals surface area contributed by atoms with E-state index < -0.39 is 11.9 Å². The van der Waals surface area contributed by atoms with Crippen LogP contribution in [0.25, 0.3) is 0 Å². The van der Waals surface area contributed by atoms with Crippen molar-refractivity contribution in [2.45, 2.75) is 13.8 Å². The van der Waals surface area contributed by atoms with Crippen molar-refractivity contribution in [2.24, 2.45) is 5.92 Å². The quantitative estimate of drug-likeness (QED) is 0.368. The van der Waals surface area contributed by atoms with Gasteiger partial charge in [-0.25, -0.2) is 0 Å². The van der Waals surface area contributed by atoms with Crippen LogP contribution >= 0.6 is 12.6 Å². The molecular weight excluding hydrogens is 152 g/mol. The maximum Gasteiger partial charge on any atom is 0.317 e. The van der Waals surface area contributed by atoms with Gasteiger partial charge in [0.1, 0.15) is 0 Å². The minimum absolute atomic E-state index is 0.313. The molecule has 0 radical (unpaired) electrons. The van der Waals surface area contributed by atoms with Crippen molar-refractivity contribution in [3.63, 3.8) is 0 Å². The van der Waals surface area contributed by atoms with E-state index in [2.05, 4.69) is 17.4 Å². The van der Waals surface area contributed by atoms with Crippen molar-refractivity contribution in [1.29, 1.82) is 0 Å². The Kier molecular flexibility index (Phi) is 4.11. The van der Waals surface area contributed by atoms with Crippen LogP contribution in [-0.4, -0.2) is 17.7 Å². The first-order valence-electron chi connectivity index (χ1n) is 2.91. The zero-order valence-corrected chi connectivity index (χ0v) is 6.85. The first kappa shape index (κ1) is 9.49. The number of hydrogen-bond donors (Lipinski definition) is 1. The fourth-order valence-corrected chi connectivity index (χ4v) is 0.466. The molecule has 0 N–H and O–H groups in total. The molecule has 3 nitrogen and oxygen atoms in total. The molecule has 0 amide bonds. The first-order valence-corrected chi connectivity index (χ1v) is 3.54. The van der Waals surface area contributed by atoms with Crippen LogP contribution in [0, 0.1) is 5.92 Å². The SMILES string of the molecule is CC(=O)OC(=O)C(C)CS. The van der Waals surface area contributed by atoms with Crippen LogP contribution in [0.15, 0.2) is 0 Å². The van der Waals surface area contributed by atoms with Crippen molar-refractivity contribution in [1.82, 2.24) is 0 Å². The molecule has 0 rings (SSSR count). The second kappa shape index (κ2) is 4.33. The van der Waals surface area contributed by atoms with E-state index in [1.54, 1.807) is 6.92 Å². The summed E-state index contributed by atoms with van der Waals surface area (Å²) < 4.78 is 4.28. The highest BCUT2D eigenvalue weighted by Crippen LogP contribution is 2.00. The Morgan fingerprint density at radius 1 is 1.60 bits per heavy atom. The van der Waals surface area contributed by atoms with Gasteiger partial charge in [0.2, 0.25) is 0 Å². The Balaban J connectivity index is 3.73. The number of esters is 2. The minimum Gasteiger partial charge on any atom is -0.393 e. The van der Waals surface area contributed by atoms with Gasteiger partial charge in [0.15, 0.2) is 0 Å². The van der Waals surface area contributed by atoms with Gasteiger partial charge < -0.3 is 4.74 Å². The number of hydrogen-bond acceptors (Lipinski definition) is 4. The zero-order valence-electron chi connectivity index (χ0n) is 5.96. The molecule has 0 heterocycles. The third-order valence-corrected chi connectivity index (χ3v) is 1.47. The molecule has 0 spiro atoms. The van der Waals surface area contributed by atoms with Gasteiger partial charge in [-0.05, 0) is 0 Å². The standard InChI is InChI=1S/C6H10O3S/c1-4(3-10)6(8)9-5(2)7/h4,10H,3H2,1-2H3. The summed E-state index contributed by atoms with van der Waals surface area (Å²) in [6.45, 7) is 2.85. The zero-order chi connectivity index (χ0) is 8.15. The lowest BCUT2D eigenvalue weighted by atomic mass is 10.2. The molecule has 0 bridgehead atoms. The molecule has 4 heteroatoms. The van der Waals surface area contributed by atoms with Crippen molar-refractivity contribution >= 4 is 24.6 Å². The number of ether oxygens (including phenoxy) is 1. The molecule has 10 heavy (non-hydrogen) atoms. The molecule has 58 valence electrons. The van der Waals surface area contributed by atoms with E-state index in [1.807, 2.05) is 0 Å². The van der Waals surface area contributed by atoms with Gasteiger partial charge in [-0.3, -0.25) is 9.59 Å². The minimum atomic E-state index is -0.571. The fraction of sp³-hybridized carbons (Fsp3) is 0.667. The maximum atomic E-state index is 10.7. The number of carbonyl (C=O) groups is 2. The third kappa shape index (κ3) is 3.50. The molecule has 1 unspecified atom stereocenters. The Hall–Kier alpha value is -0.510. The normalized spacial score (nSPS) is 12.3. The van der Waals surface area contributed by atoms with Crippen LogP contribution in [0.2, 0.25) is 0 Å². The molecule has 0 aromatic carbocycles. The molecule has 0 saturated carbocycles. The Labute approximate surface area is 65.2 Å². The molecule has 0 fully saturated rings. The Morgan fingerprint density at radius 2 is 2.10 bits per heavy atom. The second-order valence-corrected chi connectivity index (χ2v) is 2.36. The van der Waals surface area contributed by atoms with E-state index in [-0.39, 0.29) is 5.92 Å². The fourth-order valence-electron chi connectivity index (χ4n) is 0.317. The lowest BCUT2D eigenvalue weighted by Crippen LogP contribution is -2.18. The monoisotopic (exact) mass is 162 g/mol. The van der Waals surface area contributed by atoms with Crippen molar-refractivity contribution in [2.75, 3.05) is 5.75 Å². The van der Waals surface area contributed by atoms with Crippen LogP contribution in [0.3, 0.4) is 0 Å². The predicted octanol–water partition coefficient (Wildman–Crippen LogP) is 0.642. The number of thiol groups is 1. The van der Waals surface area contributed by atoms with E-state index in [0.29, 0.717) is 5.75 Å². The van der Waals surface area contributed by atoms with Crippen molar-refractivity contribution < 1.29 is 14.3 Å². The molecule has 0 aliphatic heterocycles. The van der Waals surface area contributed by atoms with Crippen LogP contribution in [0.4, 0.5) is 0 Å². The third-order valence-electron chi connectivity index (χ3n) is 0.921. The highest BCUT2D eigenvalue weighted by atomic mass is 32.1. The summed E-state index contributed by atoms with van der Waals surface area (Å²) in [4.78, 5) is 20.9. The molecule has 1 atom stereocenters. The average Bonchev–Trinajstić information content (AvgIpc) is 1.85. The number of carbonyl (C=O) groups excluding carboxylic acids is 2. The molecule has 0 aromatic heterocycles. The summed E-state index contributed by atoms with van der Waals surface area (Å²) in [5.74, 6) is -1.00. The van der Waals surface area contributed by atoms with E-state index in [4.69, 9.17) is 0 Å². The molecule has 0 aliphatic carbocycles. The molecule has 0 aliphatic rings. The molecule has 0 saturated heterocycles. The van der Waals surface area contributed by atoms with Gasteiger partial charge in [-0.1, -0.05) is 6.92 Å². The van der Waals surface area contributed by atoms with Gasteiger partial charge in [0.05, 0.1) is 5.92 Å².